The fraction of sp³-hybridized carbons (Fsp3) is 0.143. The van der Waals surface area contributed by atoms with E-state index in [1.807, 2.05) is 43.3 Å². The van der Waals surface area contributed by atoms with Crippen LogP contribution in [-0.4, -0.2) is 21.7 Å². The maximum Gasteiger partial charge on any atom is 0.155 e. The van der Waals surface area contributed by atoms with E-state index in [1.54, 1.807) is 0 Å². The Morgan fingerprint density at radius 3 is 2.79 bits per heavy atom. The molecule has 1 aromatic carbocycles. The molecule has 3 rings (SSSR count). The van der Waals surface area contributed by atoms with Gasteiger partial charge in [-0.3, -0.25) is 5.10 Å². The summed E-state index contributed by atoms with van der Waals surface area (Å²) >= 11 is 0. The number of anilines is 2. The highest BCUT2D eigenvalue weighted by atomic mass is 15.2. The van der Waals surface area contributed by atoms with Gasteiger partial charge in [0.15, 0.2) is 5.82 Å². The van der Waals surface area contributed by atoms with Gasteiger partial charge >= 0.3 is 0 Å². The summed E-state index contributed by atoms with van der Waals surface area (Å²) in [4.78, 5) is 4.64. The van der Waals surface area contributed by atoms with Gasteiger partial charge in [-0.25, -0.2) is 4.98 Å². The molecule has 0 unspecified atom stereocenters. The molecule has 4 N–H and O–H groups in total. The molecular formula is C14H15N5. The number of aromatic amines is 1. The Bertz CT molecular complexity index is 702. The number of hydrogen-bond acceptors (Lipinski definition) is 4. The zero-order valence-electron chi connectivity index (χ0n) is 10.6. The van der Waals surface area contributed by atoms with Crippen molar-refractivity contribution in [3.8, 4) is 11.3 Å². The summed E-state index contributed by atoms with van der Waals surface area (Å²) in [5.74, 6) is 1.29. The number of rotatable bonds is 3. The van der Waals surface area contributed by atoms with Crippen LogP contribution in [0.2, 0.25) is 0 Å². The van der Waals surface area contributed by atoms with Gasteiger partial charge in [-0.05, 0) is 6.92 Å². The topological polar surface area (TPSA) is 79.6 Å². The van der Waals surface area contributed by atoms with Crippen LogP contribution in [0.1, 0.15) is 6.92 Å². The number of nitrogens with one attached hydrogen (secondary N) is 2. The van der Waals surface area contributed by atoms with Gasteiger partial charge in [0.1, 0.15) is 5.82 Å². The monoisotopic (exact) mass is 253 g/mol. The summed E-state index contributed by atoms with van der Waals surface area (Å²) in [5.41, 5.74) is 8.70. The third-order valence-corrected chi connectivity index (χ3v) is 2.98. The highest BCUT2D eigenvalue weighted by Gasteiger charge is 2.13. The van der Waals surface area contributed by atoms with Crippen LogP contribution in [0.4, 0.5) is 11.6 Å². The Morgan fingerprint density at radius 2 is 2.05 bits per heavy atom. The lowest BCUT2D eigenvalue weighted by Gasteiger charge is -2.08. The Kier molecular flexibility index (Phi) is 2.79. The summed E-state index contributed by atoms with van der Waals surface area (Å²) in [6, 6.07) is 11.9. The van der Waals surface area contributed by atoms with E-state index in [4.69, 9.17) is 5.73 Å². The smallest absolute Gasteiger partial charge is 0.155 e. The Balaban J connectivity index is 2.28. The SMILES string of the molecule is CCNc1cc2[nH]nc(N)c2c(-c2ccccc2)n1. The molecule has 2 heterocycles. The summed E-state index contributed by atoms with van der Waals surface area (Å²) in [6.07, 6.45) is 0. The van der Waals surface area contributed by atoms with E-state index < -0.39 is 0 Å². The first-order valence-corrected chi connectivity index (χ1v) is 6.23. The van der Waals surface area contributed by atoms with Crippen LogP contribution in [0.5, 0.6) is 0 Å². The van der Waals surface area contributed by atoms with E-state index in [-0.39, 0.29) is 0 Å². The number of nitrogens with zero attached hydrogens (tertiary/aromatic N) is 2. The molecule has 0 radical (unpaired) electrons. The van der Waals surface area contributed by atoms with Gasteiger partial charge in [0.05, 0.1) is 16.6 Å². The first kappa shape index (κ1) is 11.5. The first-order chi connectivity index (χ1) is 9.29. The molecule has 5 heteroatoms. The standard InChI is InChI=1S/C14H15N5/c1-2-16-11-8-10-12(14(15)19-18-10)13(17-11)9-6-4-3-5-7-9/h3-8H,2H2,1H3,(H,16,17)(H3,15,18,19). The van der Waals surface area contributed by atoms with Gasteiger partial charge in [0.25, 0.3) is 0 Å². The fourth-order valence-electron chi connectivity index (χ4n) is 2.15. The predicted octanol–water partition coefficient (Wildman–Crippen LogP) is 2.64. The number of hydrogen-bond donors (Lipinski definition) is 3. The molecular weight excluding hydrogens is 238 g/mol. The molecule has 0 saturated carbocycles. The minimum atomic E-state index is 0.476. The van der Waals surface area contributed by atoms with Gasteiger partial charge in [-0.2, -0.15) is 5.10 Å². The van der Waals surface area contributed by atoms with Gasteiger partial charge in [0.2, 0.25) is 0 Å². The number of nitrogen functional groups attached to an aromatic ring is 1. The lowest BCUT2D eigenvalue weighted by Crippen LogP contribution is -2.00. The van der Waals surface area contributed by atoms with E-state index in [2.05, 4.69) is 20.5 Å². The number of fused-ring (bicyclic) bond motifs is 1. The van der Waals surface area contributed by atoms with Gasteiger partial charge < -0.3 is 11.1 Å². The van der Waals surface area contributed by atoms with Crippen molar-refractivity contribution in [1.82, 2.24) is 15.2 Å². The van der Waals surface area contributed by atoms with Crippen LogP contribution >= 0.6 is 0 Å². The van der Waals surface area contributed by atoms with Crippen LogP contribution in [-0.2, 0) is 0 Å². The molecule has 5 nitrogen and oxygen atoms in total. The summed E-state index contributed by atoms with van der Waals surface area (Å²) in [6.45, 7) is 2.85. The van der Waals surface area contributed by atoms with Crippen molar-refractivity contribution < 1.29 is 0 Å². The van der Waals surface area contributed by atoms with Gasteiger partial charge in [-0.15, -0.1) is 0 Å². The van der Waals surface area contributed by atoms with Crippen LogP contribution in [0.15, 0.2) is 36.4 Å². The second-order valence-corrected chi connectivity index (χ2v) is 4.28. The summed E-state index contributed by atoms with van der Waals surface area (Å²) in [5, 5.41) is 11.1. The zero-order valence-corrected chi connectivity index (χ0v) is 10.6. The molecule has 0 aliphatic heterocycles. The number of nitrogens with two attached hydrogens (primary N) is 1. The van der Waals surface area contributed by atoms with Crippen LogP contribution in [0.25, 0.3) is 22.2 Å². The quantitative estimate of drug-likeness (QED) is 0.670. The van der Waals surface area contributed by atoms with Crippen molar-refractivity contribution >= 4 is 22.5 Å². The molecule has 0 atom stereocenters. The second-order valence-electron chi connectivity index (χ2n) is 4.28. The third-order valence-electron chi connectivity index (χ3n) is 2.98. The molecule has 0 spiro atoms. The van der Waals surface area contributed by atoms with Crippen molar-refractivity contribution in [1.29, 1.82) is 0 Å². The zero-order chi connectivity index (χ0) is 13.2. The average Bonchev–Trinajstić information content (AvgIpc) is 2.81. The van der Waals surface area contributed by atoms with E-state index >= 15 is 0 Å². The van der Waals surface area contributed by atoms with Crippen molar-refractivity contribution in [3.63, 3.8) is 0 Å². The average molecular weight is 253 g/mol. The Morgan fingerprint density at radius 1 is 1.26 bits per heavy atom. The summed E-state index contributed by atoms with van der Waals surface area (Å²) in [7, 11) is 0. The molecule has 96 valence electrons. The maximum absolute atomic E-state index is 5.94. The highest BCUT2D eigenvalue weighted by molar-refractivity contribution is 6.00. The van der Waals surface area contributed by atoms with Crippen molar-refractivity contribution in [3.05, 3.63) is 36.4 Å². The normalized spacial score (nSPS) is 10.8. The predicted molar refractivity (Wildman–Crippen MR) is 77.9 cm³/mol. The molecule has 0 fully saturated rings. The third kappa shape index (κ3) is 1.99. The van der Waals surface area contributed by atoms with E-state index in [0.717, 1.165) is 34.5 Å². The highest BCUT2D eigenvalue weighted by Crippen LogP contribution is 2.31. The number of aromatic nitrogens is 3. The number of benzene rings is 1. The number of pyridine rings is 1. The van der Waals surface area contributed by atoms with Crippen molar-refractivity contribution in [2.24, 2.45) is 0 Å². The summed E-state index contributed by atoms with van der Waals surface area (Å²) < 4.78 is 0. The first-order valence-electron chi connectivity index (χ1n) is 6.23. The second kappa shape index (κ2) is 4.61. The number of H-pyrrole nitrogens is 1. The molecule has 2 aromatic heterocycles. The van der Waals surface area contributed by atoms with Crippen molar-refractivity contribution in [2.75, 3.05) is 17.6 Å². The van der Waals surface area contributed by atoms with Crippen LogP contribution < -0.4 is 11.1 Å². The fourth-order valence-corrected chi connectivity index (χ4v) is 2.15. The van der Waals surface area contributed by atoms with E-state index in [1.165, 1.54) is 0 Å². The molecule has 0 amide bonds. The van der Waals surface area contributed by atoms with Crippen molar-refractivity contribution in [2.45, 2.75) is 6.92 Å². The molecule has 0 bridgehead atoms. The minimum Gasteiger partial charge on any atom is -0.382 e. The maximum atomic E-state index is 5.94. The Labute approximate surface area is 110 Å². The molecule has 0 saturated heterocycles. The van der Waals surface area contributed by atoms with E-state index in [9.17, 15) is 0 Å². The van der Waals surface area contributed by atoms with Gasteiger partial charge in [-0.1, -0.05) is 30.3 Å². The lowest BCUT2D eigenvalue weighted by atomic mass is 10.1. The molecule has 0 aliphatic rings. The molecule has 3 aromatic rings. The van der Waals surface area contributed by atoms with Crippen LogP contribution in [0.3, 0.4) is 0 Å². The lowest BCUT2D eigenvalue weighted by molar-refractivity contribution is 1.12. The van der Waals surface area contributed by atoms with Crippen LogP contribution in [0, 0.1) is 0 Å². The molecule has 0 aliphatic carbocycles. The Hall–Kier alpha value is -2.56. The van der Waals surface area contributed by atoms with Gasteiger partial charge in [0, 0.05) is 18.2 Å². The molecule has 19 heavy (non-hydrogen) atoms. The largest absolute Gasteiger partial charge is 0.382 e. The van der Waals surface area contributed by atoms with E-state index in [0.29, 0.717) is 5.82 Å². The minimum absolute atomic E-state index is 0.476.